The van der Waals surface area contributed by atoms with Gasteiger partial charge in [0.1, 0.15) is 5.69 Å². The summed E-state index contributed by atoms with van der Waals surface area (Å²) < 4.78 is 0.728. The summed E-state index contributed by atoms with van der Waals surface area (Å²) in [7, 11) is 0. The second kappa shape index (κ2) is 5.42. The molecule has 2 aromatic carbocycles. The van der Waals surface area contributed by atoms with E-state index >= 15 is 0 Å². The third-order valence-corrected chi connectivity index (χ3v) is 4.28. The smallest absolute Gasteiger partial charge is 0.272 e. The van der Waals surface area contributed by atoms with Crippen LogP contribution in [0.4, 0.5) is 11.4 Å². The highest BCUT2D eigenvalue weighted by Crippen LogP contribution is 2.26. The van der Waals surface area contributed by atoms with Crippen LogP contribution in [-0.2, 0) is 0 Å². The van der Waals surface area contributed by atoms with E-state index in [-0.39, 0.29) is 5.91 Å². The van der Waals surface area contributed by atoms with E-state index in [9.17, 15) is 4.79 Å². The van der Waals surface area contributed by atoms with Crippen molar-refractivity contribution in [3.05, 3.63) is 57.7 Å². The largest absolute Gasteiger partial charge is 0.399 e. The molecule has 3 rings (SSSR count). The van der Waals surface area contributed by atoms with Crippen LogP contribution in [0.1, 0.15) is 10.5 Å². The van der Waals surface area contributed by atoms with Gasteiger partial charge in [0.25, 0.3) is 5.91 Å². The normalized spacial score (nSPS) is 10.8. The van der Waals surface area contributed by atoms with E-state index in [0.29, 0.717) is 22.1 Å². The Balaban J connectivity index is 1.87. The van der Waals surface area contributed by atoms with Gasteiger partial charge in [0, 0.05) is 26.8 Å². The highest BCUT2D eigenvalue weighted by atomic mass is 79.9. The number of nitrogens with two attached hydrogens (primary N) is 1. The van der Waals surface area contributed by atoms with E-state index in [0.717, 1.165) is 15.4 Å². The molecule has 106 valence electrons. The van der Waals surface area contributed by atoms with Crippen molar-refractivity contribution in [1.29, 1.82) is 0 Å². The summed E-state index contributed by atoms with van der Waals surface area (Å²) in [6, 6.07) is 12.4. The molecule has 6 heteroatoms. The highest BCUT2D eigenvalue weighted by Gasteiger charge is 2.10. The Kier molecular flexibility index (Phi) is 3.61. The van der Waals surface area contributed by atoms with E-state index < -0.39 is 0 Å². The Morgan fingerprint density at radius 1 is 1.19 bits per heavy atom. The van der Waals surface area contributed by atoms with E-state index in [1.807, 2.05) is 12.1 Å². The van der Waals surface area contributed by atoms with Crippen LogP contribution in [0.2, 0.25) is 5.02 Å². The number of aromatic amines is 1. The molecule has 3 aromatic rings. The summed E-state index contributed by atoms with van der Waals surface area (Å²) in [6.45, 7) is 0. The number of anilines is 2. The molecule has 1 heterocycles. The quantitative estimate of drug-likeness (QED) is 0.589. The van der Waals surface area contributed by atoms with Crippen LogP contribution >= 0.6 is 27.5 Å². The molecule has 0 saturated carbocycles. The van der Waals surface area contributed by atoms with Gasteiger partial charge in [-0.25, -0.2) is 0 Å². The number of aromatic nitrogens is 1. The van der Waals surface area contributed by atoms with Gasteiger partial charge < -0.3 is 16.0 Å². The maximum absolute atomic E-state index is 12.2. The number of fused-ring (bicyclic) bond motifs is 1. The molecule has 0 fully saturated rings. The number of nitrogen functional groups attached to an aromatic ring is 1. The Morgan fingerprint density at radius 2 is 2.00 bits per heavy atom. The van der Waals surface area contributed by atoms with Gasteiger partial charge in [-0.1, -0.05) is 11.6 Å². The lowest BCUT2D eigenvalue weighted by molar-refractivity contribution is 0.102. The molecular weight excluding hydrogens is 354 g/mol. The molecule has 0 unspecified atom stereocenters. The van der Waals surface area contributed by atoms with Crippen molar-refractivity contribution in [2.75, 3.05) is 11.1 Å². The van der Waals surface area contributed by atoms with E-state index in [1.165, 1.54) is 0 Å². The SMILES string of the molecule is Nc1ccc2[nH]c(C(=O)Nc3ccc(Cl)c(Br)c3)cc2c1. The number of benzene rings is 2. The highest BCUT2D eigenvalue weighted by molar-refractivity contribution is 9.10. The summed E-state index contributed by atoms with van der Waals surface area (Å²) in [5.74, 6) is -0.223. The van der Waals surface area contributed by atoms with Crippen LogP contribution in [0.25, 0.3) is 10.9 Å². The predicted molar refractivity (Wildman–Crippen MR) is 89.8 cm³/mol. The number of H-pyrrole nitrogens is 1. The van der Waals surface area contributed by atoms with Gasteiger partial charge in [-0.3, -0.25) is 4.79 Å². The third kappa shape index (κ3) is 2.89. The zero-order valence-corrected chi connectivity index (χ0v) is 13.1. The van der Waals surface area contributed by atoms with Gasteiger partial charge in [0.2, 0.25) is 0 Å². The number of carbonyl (C=O) groups excluding carboxylic acids is 1. The second-order valence-electron chi connectivity index (χ2n) is 4.61. The monoisotopic (exact) mass is 363 g/mol. The molecule has 21 heavy (non-hydrogen) atoms. The van der Waals surface area contributed by atoms with Crippen LogP contribution in [-0.4, -0.2) is 10.9 Å². The van der Waals surface area contributed by atoms with Crippen LogP contribution in [0, 0.1) is 0 Å². The lowest BCUT2D eigenvalue weighted by Crippen LogP contribution is -2.12. The zero-order valence-electron chi connectivity index (χ0n) is 10.8. The fraction of sp³-hybridized carbons (Fsp3) is 0. The molecule has 1 aromatic heterocycles. The van der Waals surface area contributed by atoms with Crippen LogP contribution < -0.4 is 11.1 Å². The van der Waals surface area contributed by atoms with Crippen molar-refractivity contribution < 1.29 is 4.79 Å². The average Bonchev–Trinajstić information content (AvgIpc) is 2.86. The molecule has 4 nitrogen and oxygen atoms in total. The van der Waals surface area contributed by atoms with Gasteiger partial charge in [-0.2, -0.15) is 0 Å². The third-order valence-electron chi connectivity index (χ3n) is 3.07. The Bertz CT molecular complexity index is 844. The molecule has 0 atom stereocenters. The lowest BCUT2D eigenvalue weighted by Gasteiger charge is -2.05. The summed E-state index contributed by atoms with van der Waals surface area (Å²) in [6.07, 6.45) is 0. The summed E-state index contributed by atoms with van der Waals surface area (Å²) >= 11 is 9.25. The van der Waals surface area contributed by atoms with Gasteiger partial charge in [0.05, 0.1) is 5.02 Å². The Labute approximate surface area is 134 Å². The summed E-state index contributed by atoms with van der Waals surface area (Å²) in [5, 5.41) is 4.30. The van der Waals surface area contributed by atoms with Gasteiger partial charge in [-0.15, -0.1) is 0 Å². The van der Waals surface area contributed by atoms with E-state index in [2.05, 4.69) is 26.2 Å². The van der Waals surface area contributed by atoms with Gasteiger partial charge in [-0.05, 0) is 58.4 Å². The number of carbonyl (C=O) groups is 1. The maximum Gasteiger partial charge on any atom is 0.272 e. The minimum atomic E-state index is -0.223. The molecule has 0 aliphatic carbocycles. The van der Waals surface area contributed by atoms with Crippen molar-refractivity contribution in [3.63, 3.8) is 0 Å². The Morgan fingerprint density at radius 3 is 2.76 bits per heavy atom. The number of amides is 1. The number of halogens is 2. The molecule has 0 spiro atoms. The van der Waals surface area contributed by atoms with Crippen LogP contribution in [0.5, 0.6) is 0 Å². The topological polar surface area (TPSA) is 70.9 Å². The van der Waals surface area contributed by atoms with Crippen molar-refractivity contribution in [3.8, 4) is 0 Å². The van der Waals surface area contributed by atoms with Crippen molar-refractivity contribution in [1.82, 2.24) is 4.98 Å². The van der Waals surface area contributed by atoms with Crippen LogP contribution in [0.15, 0.2) is 46.9 Å². The van der Waals surface area contributed by atoms with Gasteiger partial charge >= 0.3 is 0 Å². The van der Waals surface area contributed by atoms with Crippen molar-refractivity contribution in [2.45, 2.75) is 0 Å². The van der Waals surface area contributed by atoms with Gasteiger partial charge in [0.15, 0.2) is 0 Å². The fourth-order valence-electron chi connectivity index (χ4n) is 2.05. The molecule has 0 saturated heterocycles. The number of hydrogen-bond acceptors (Lipinski definition) is 2. The number of nitrogens with one attached hydrogen (secondary N) is 2. The van der Waals surface area contributed by atoms with Crippen molar-refractivity contribution >= 4 is 55.7 Å². The maximum atomic E-state index is 12.2. The first-order valence-corrected chi connectivity index (χ1v) is 7.35. The number of rotatable bonds is 2. The molecule has 0 aliphatic rings. The first kappa shape index (κ1) is 14.0. The fourth-order valence-corrected chi connectivity index (χ4v) is 2.54. The number of hydrogen-bond donors (Lipinski definition) is 3. The molecule has 0 bridgehead atoms. The van der Waals surface area contributed by atoms with E-state index in [1.54, 1.807) is 30.3 Å². The standard InChI is InChI=1S/C15H11BrClN3O/c16-11-7-10(2-3-12(11)17)19-15(21)14-6-8-5-9(18)1-4-13(8)20-14/h1-7,20H,18H2,(H,19,21). The second-order valence-corrected chi connectivity index (χ2v) is 5.87. The molecule has 4 N–H and O–H groups in total. The minimum absolute atomic E-state index is 0.223. The van der Waals surface area contributed by atoms with Crippen molar-refractivity contribution in [2.24, 2.45) is 0 Å². The Hall–Kier alpha value is -1.98. The predicted octanol–water partition coefficient (Wildman–Crippen LogP) is 4.42. The first-order chi connectivity index (χ1) is 10.0. The summed E-state index contributed by atoms with van der Waals surface area (Å²) in [4.78, 5) is 15.3. The van der Waals surface area contributed by atoms with Crippen LogP contribution in [0.3, 0.4) is 0 Å². The minimum Gasteiger partial charge on any atom is -0.399 e. The molecule has 1 amide bonds. The summed E-state index contributed by atoms with van der Waals surface area (Å²) in [5.41, 5.74) is 8.40. The zero-order chi connectivity index (χ0) is 15.0. The molecule has 0 aliphatic heterocycles. The molecule has 0 radical (unpaired) electrons. The van der Waals surface area contributed by atoms with E-state index in [4.69, 9.17) is 17.3 Å². The molecular formula is C15H11BrClN3O. The lowest BCUT2D eigenvalue weighted by atomic mass is 10.2. The average molecular weight is 365 g/mol. The first-order valence-electron chi connectivity index (χ1n) is 6.17.